The van der Waals surface area contributed by atoms with Gasteiger partial charge in [-0.15, -0.1) is 11.3 Å². The van der Waals surface area contributed by atoms with E-state index in [1.807, 2.05) is 12.1 Å². The summed E-state index contributed by atoms with van der Waals surface area (Å²) in [5.41, 5.74) is 1.53. The molecule has 3 aromatic heterocycles. The molecule has 3 heterocycles. The topological polar surface area (TPSA) is 112 Å². The zero-order valence-corrected chi connectivity index (χ0v) is 20.2. The lowest BCUT2D eigenvalue weighted by atomic mass is 10.2. The highest BCUT2D eigenvalue weighted by Gasteiger charge is 2.21. The van der Waals surface area contributed by atoms with Gasteiger partial charge in [0.25, 0.3) is 11.4 Å². The number of ether oxygens (including phenoxy) is 1. The van der Waals surface area contributed by atoms with Crippen LogP contribution in [-0.2, 0) is 11.3 Å². The molecule has 0 aliphatic rings. The smallest absolute Gasteiger partial charge is 0.268 e. The summed E-state index contributed by atoms with van der Waals surface area (Å²) >= 11 is 7.51. The van der Waals surface area contributed by atoms with Crippen LogP contribution < -0.4 is 15.6 Å². The number of fused-ring (bicyclic) bond motifs is 1. The highest BCUT2D eigenvalue weighted by atomic mass is 35.5. The van der Waals surface area contributed by atoms with E-state index >= 15 is 0 Å². The Morgan fingerprint density at radius 3 is 2.86 bits per heavy atom. The normalized spacial score (nSPS) is 11.1. The first-order valence-corrected chi connectivity index (χ1v) is 11.7. The number of carbonyl (C=O) groups excluding carboxylic acids is 1. The molecule has 0 radical (unpaired) electrons. The van der Waals surface area contributed by atoms with Crippen LogP contribution in [0.4, 0.5) is 5.69 Å². The van der Waals surface area contributed by atoms with E-state index in [2.05, 4.69) is 20.4 Å². The van der Waals surface area contributed by atoms with Crippen LogP contribution in [0.1, 0.15) is 5.56 Å². The lowest BCUT2D eigenvalue weighted by Crippen LogP contribution is -2.27. The van der Waals surface area contributed by atoms with Gasteiger partial charge >= 0.3 is 0 Å². The van der Waals surface area contributed by atoms with Crippen LogP contribution >= 0.6 is 22.9 Å². The van der Waals surface area contributed by atoms with Crippen LogP contribution in [0.25, 0.3) is 32.4 Å². The number of carbonyl (C=O) groups is 1. The lowest BCUT2D eigenvalue weighted by molar-refractivity contribution is -0.116. The molecule has 0 saturated carbocycles. The zero-order valence-electron chi connectivity index (χ0n) is 18.6. The Bertz CT molecular complexity index is 1620. The van der Waals surface area contributed by atoms with Gasteiger partial charge in [-0.1, -0.05) is 35.0 Å². The van der Waals surface area contributed by atoms with E-state index in [9.17, 15) is 9.59 Å². The first kappa shape index (κ1) is 22.8. The van der Waals surface area contributed by atoms with Gasteiger partial charge in [-0.25, -0.2) is 4.98 Å². The fourth-order valence-electron chi connectivity index (χ4n) is 3.60. The zero-order chi connectivity index (χ0) is 24.5. The van der Waals surface area contributed by atoms with E-state index < -0.39 is 0 Å². The monoisotopic (exact) mass is 507 g/mol. The maximum absolute atomic E-state index is 13.2. The molecule has 0 aliphatic carbocycles. The molecule has 0 spiro atoms. The Morgan fingerprint density at radius 1 is 1.23 bits per heavy atom. The summed E-state index contributed by atoms with van der Waals surface area (Å²) < 4.78 is 11.9. The summed E-state index contributed by atoms with van der Waals surface area (Å²) in [6.07, 6.45) is 1.36. The molecule has 0 saturated heterocycles. The van der Waals surface area contributed by atoms with E-state index in [0.29, 0.717) is 48.5 Å². The van der Waals surface area contributed by atoms with Crippen molar-refractivity contribution in [2.24, 2.45) is 0 Å². The third-order valence-corrected chi connectivity index (χ3v) is 6.84. The van der Waals surface area contributed by atoms with Crippen molar-refractivity contribution in [3.8, 4) is 27.9 Å². The summed E-state index contributed by atoms with van der Waals surface area (Å²) in [6.45, 7) is 1.60. The van der Waals surface area contributed by atoms with Crippen molar-refractivity contribution in [1.82, 2.24) is 19.7 Å². The molecular weight excluding hydrogens is 490 g/mol. The second-order valence-electron chi connectivity index (χ2n) is 7.60. The van der Waals surface area contributed by atoms with Crippen LogP contribution in [-0.4, -0.2) is 32.7 Å². The summed E-state index contributed by atoms with van der Waals surface area (Å²) in [5.74, 6) is 0.864. The number of aromatic nitrogens is 4. The van der Waals surface area contributed by atoms with Crippen molar-refractivity contribution < 1.29 is 14.1 Å². The molecule has 35 heavy (non-hydrogen) atoms. The van der Waals surface area contributed by atoms with Crippen molar-refractivity contribution >= 4 is 44.7 Å². The number of methoxy groups -OCH3 is 1. The molecular formula is C24H18ClN5O4S. The second kappa shape index (κ2) is 9.32. The Balaban J connectivity index is 1.43. The van der Waals surface area contributed by atoms with Crippen LogP contribution in [0.15, 0.2) is 64.2 Å². The molecule has 9 nitrogen and oxygen atoms in total. The molecule has 0 atom stereocenters. The number of rotatable bonds is 6. The Labute approximate surface area is 208 Å². The van der Waals surface area contributed by atoms with Gasteiger partial charge < -0.3 is 14.6 Å². The van der Waals surface area contributed by atoms with Gasteiger partial charge in [0.05, 0.1) is 28.7 Å². The number of nitrogens with zero attached hydrogens (tertiary/aromatic N) is 4. The Morgan fingerprint density at radius 2 is 2.06 bits per heavy atom. The number of benzene rings is 2. The Hall–Kier alpha value is -4.02. The van der Waals surface area contributed by atoms with Crippen molar-refractivity contribution in [2.45, 2.75) is 13.5 Å². The van der Waals surface area contributed by atoms with E-state index in [0.717, 1.165) is 0 Å². The minimum Gasteiger partial charge on any atom is -0.497 e. The number of thiophene rings is 1. The number of hydrogen-bond donors (Lipinski definition) is 1. The number of amides is 1. The lowest BCUT2D eigenvalue weighted by Gasteiger charge is -2.08. The first-order chi connectivity index (χ1) is 16.9. The molecule has 5 aromatic rings. The maximum Gasteiger partial charge on any atom is 0.268 e. The molecule has 5 rings (SSSR count). The highest BCUT2D eigenvalue weighted by Crippen LogP contribution is 2.36. The molecule has 176 valence electrons. The first-order valence-electron chi connectivity index (χ1n) is 10.5. The molecule has 2 aromatic carbocycles. The maximum atomic E-state index is 13.2. The van der Waals surface area contributed by atoms with Gasteiger partial charge in [0.1, 0.15) is 17.1 Å². The minimum atomic E-state index is -0.365. The predicted octanol–water partition coefficient (Wildman–Crippen LogP) is 4.78. The standard InChI is InChI=1S/C24H18ClN5O4S/c1-13-19-23(35-20(13)22-28-21(29-34-22)16-8-3-4-9-17(16)25)26-12-30(24(19)32)11-18(31)27-14-6-5-7-15(10-14)33-2/h3-10,12H,11H2,1-2H3,(H,27,31). The van der Waals surface area contributed by atoms with Crippen LogP contribution in [0.5, 0.6) is 5.75 Å². The van der Waals surface area contributed by atoms with E-state index in [4.69, 9.17) is 20.9 Å². The molecule has 11 heteroatoms. The van der Waals surface area contributed by atoms with E-state index in [-0.39, 0.29) is 23.9 Å². The number of halogens is 1. The summed E-state index contributed by atoms with van der Waals surface area (Å²) in [5, 5.41) is 7.70. The van der Waals surface area contributed by atoms with Gasteiger partial charge in [-0.05, 0) is 36.8 Å². The van der Waals surface area contributed by atoms with Crippen molar-refractivity contribution in [3.05, 3.63) is 75.8 Å². The van der Waals surface area contributed by atoms with Gasteiger partial charge in [0.15, 0.2) is 0 Å². The fraction of sp³-hybridized carbons (Fsp3) is 0.125. The van der Waals surface area contributed by atoms with Crippen molar-refractivity contribution in [3.63, 3.8) is 0 Å². The highest BCUT2D eigenvalue weighted by molar-refractivity contribution is 7.22. The van der Waals surface area contributed by atoms with Gasteiger partial charge in [0, 0.05) is 17.3 Å². The van der Waals surface area contributed by atoms with Crippen molar-refractivity contribution in [2.75, 3.05) is 12.4 Å². The third kappa shape index (κ3) is 4.41. The van der Waals surface area contributed by atoms with E-state index in [1.165, 1.54) is 22.2 Å². The number of aryl methyl sites for hydroxylation is 1. The van der Waals surface area contributed by atoms with Crippen molar-refractivity contribution in [1.29, 1.82) is 0 Å². The summed E-state index contributed by atoms with van der Waals surface area (Å²) in [6, 6.07) is 14.2. The quantitative estimate of drug-likeness (QED) is 0.352. The van der Waals surface area contributed by atoms with Crippen LogP contribution in [0, 0.1) is 6.92 Å². The largest absolute Gasteiger partial charge is 0.497 e. The number of nitrogens with one attached hydrogen (secondary N) is 1. The predicted molar refractivity (Wildman–Crippen MR) is 134 cm³/mol. The molecule has 0 fully saturated rings. The number of hydrogen-bond acceptors (Lipinski definition) is 8. The molecule has 0 aliphatic heterocycles. The number of anilines is 1. The van der Waals surface area contributed by atoms with Gasteiger partial charge in [-0.2, -0.15) is 4.98 Å². The van der Waals surface area contributed by atoms with E-state index in [1.54, 1.807) is 50.4 Å². The summed E-state index contributed by atoms with van der Waals surface area (Å²) in [4.78, 5) is 35.8. The summed E-state index contributed by atoms with van der Waals surface area (Å²) in [7, 11) is 1.55. The van der Waals surface area contributed by atoms with Crippen LogP contribution in [0.2, 0.25) is 5.02 Å². The average Bonchev–Trinajstić information content (AvgIpc) is 3.46. The van der Waals surface area contributed by atoms with Gasteiger partial charge in [0.2, 0.25) is 11.7 Å². The Kier molecular flexibility index (Phi) is 6.06. The minimum absolute atomic E-state index is 0.194. The average molecular weight is 508 g/mol. The molecule has 0 bridgehead atoms. The molecule has 0 unspecified atom stereocenters. The third-order valence-electron chi connectivity index (χ3n) is 5.32. The second-order valence-corrected chi connectivity index (χ2v) is 9.00. The molecule has 1 amide bonds. The SMILES string of the molecule is COc1cccc(NC(=O)Cn2cnc3sc(-c4nc(-c5ccccc5Cl)no4)c(C)c3c2=O)c1. The fourth-order valence-corrected chi connectivity index (χ4v) is 4.88. The molecule has 1 N–H and O–H groups in total. The van der Waals surface area contributed by atoms with Gasteiger partial charge in [-0.3, -0.25) is 14.2 Å². The van der Waals surface area contributed by atoms with Crippen LogP contribution in [0.3, 0.4) is 0 Å².